The van der Waals surface area contributed by atoms with Gasteiger partial charge in [0, 0.05) is 17.1 Å². The van der Waals surface area contributed by atoms with Crippen LogP contribution in [0.4, 0.5) is 5.69 Å². The Hall–Kier alpha value is -1.71. The molecule has 0 fully saturated rings. The number of halogens is 2. The van der Waals surface area contributed by atoms with Crippen LogP contribution in [0.5, 0.6) is 0 Å². The average molecular weight is 295 g/mol. The van der Waals surface area contributed by atoms with Gasteiger partial charge in [0.15, 0.2) is 0 Å². The van der Waals surface area contributed by atoms with E-state index in [0.717, 1.165) is 11.3 Å². The van der Waals surface area contributed by atoms with Crippen molar-refractivity contribution >= 4 is 34.8 Å². The third-order valence-electron chi connectivity index (χ3n) is 2.68. The molecule has 2 aromatic rings. The number of nitrogens with one attached hydrogen (secondary N) is 1. The summed E-state index contributed by atoms with van der Waals surface area (Å²) in [6.07, 6.45) is 0. The number of carbonyl (C=O) groups excluding carboxylic acids is 1. The third-order valence-corrected chi connectivity index (χ3v) is 3.23. The van der Waals surface area contributed by atoms with E-state index in [1.54, 1.807) is 30.3 Å². The van der Waals surface area contributed by atoms with Crippen molar-refractivity contribution in [2.24, 2.45) is 5.73 Å². The van der Waals surface area contributed by atoms with Crippen LogP contribution in [0.3, 0.4) is 0 Å². The van der Waals surface area contributed by atoms with E-state index >= 15 is 0 Å². The Morgan fingerprint density at radius 1 is 1.16 bits per heavy atom. The van der Waals surface area contributed by atoms with E-state index < -0.39 is 5.91 Å². The number of amides is 1. The van der Waals surface area contributed by atoms with E-state index in [-0.39, 0.29) is 0 Å². The molecule has 19 heavy (non-hydrogen) atoms. The number of benzene rings is 2. The van der Waals surface area contributed by atoms with Crippen molar-refractivity contribution in [3.05, 3.63) is 63.6 Å². The van der Waals surface area contributed by atoms with Crippen LogP contribution in [0.1, 0.15) is 15.9 Å². The topological polar surface area (TPSA) is 55.1 Å². The normalized spacial score (nSPS) is 10.2. The lowest BCUT2D eigenvalue weighted by atomic mass is 10.1. The van der Waals surface area contributed by atoms with Gasteiger partial charge in [0.2, 0.25) is 5.91 Å². The number of primary amides is 1. The van der Waals surface area contributed by atoms with Crippen LogP contribution in [0, 0.1) is 0 Å². The highest BCUT2D eigenvalue weighted by Crippen LogP contribution is 2.26. The smallest absolute Gasteiger partial charge is 0.249 e. The molecule has 2 rings (SSSR count). The van der Waals surface area contributed by atoms with E-state index in [1.807, 2.05) is 12.1 Å². The maximum Gasteiger partial charge on any atom is 0.249 e. The molecule has 0 saturated carbocycles. The fraction of sp³-hybridized carbons (Fsp3) is 0.0714. The van der Waals surface area contributed by atoms with Crippen molar-refractivity contribution in [1.29, 1.82) is 0 Å². The lowest BCUT2D eigenvalue weighted by Gasteiger charge is -2.11. The highest BCUT2D eigenvalue weighted by Gasteiger charge is 2.07. The number of hydrogen-bond acceptors (Lipinski definition) is 2. The van der Waals surface area contributed by atoms with E-state index in [9.17, 15) is 4.79 Å². The molecule has 3 nitrogen and oxygen atoms in total. The molecule has 1 amide bonds. The summed E-state index contributed by atoms with van der Waals surface area (Å²) in [5.74, 6) is -0.445. The lowest BCUT2D eigenvalue weighted by Crippen LogP contribution is -2.15. The summed E-state index contributed by atoms with van der Waals surface area (Å²) >= 11 is 11.9. The van der Waals surface area contributed by atoms with Crippen molar-refractivity contribution in [1.82, 2.24) is 0 Å². The van der Waals surface area contributed by atoms with Crippen LogP contribution in [0.15, 0.2) is 42.5 Å². The molecule has 0 unspecified atom stereocenters. The van der Waals surface area contributed by atoms with Gasteiger partial charge in [-0.1, -0.05) is 41.4 Å². The first-order chi connectivity index (χ1) is 9.08. The number of hydrogen-bond donors (Lipinski definition) is 2. The van der Waals surface area contributed by atoms with Crippen LogP contribution in [-0.2, 0) is 6.54 Å². The third kappa shape index (κ3) is 3.40. The summed E-state index contributed by atoms with van der Waals surface area (Å²) in [5, 5.41) is 4.26. The standard InChI is InChI=1S/C14H12Cl2N2O/c15-10-5-6-13(12(16)7-10)18-8-9-3-1-2-4-11(9)14(17)19/h1-7,18H,8H2,(H2,17,19). The first kappa shape index (κ1) is 13.7. The molecule has 5 heteroatoms. The molecule has 0 saturated heterocycles. The molecular formula is C14H12Cl2N2O. The molecule has 0 aromatic heterocycles. The van der Waals surface area contributed by atoms with Gasteiger partial charge in [-0.2, -0.15) is 0 Å². The molecule has 0 aliphatic carbocycles. The number of anilines is 1. The molecule has 0 atom stereocenters. The monoisotopic (exact) mass is 294 g/mol. The van der Waals surface area contributed by atoms with Crippen LogP contribution in [0.2, 0.25) is 10.0 Å². The molecule has 0 aliphatic rings. The van der Waals surface area contributed by atoms with Crippen molar-refractivity contribution in [3.63, 3.8) is 0 Å². The highest BCUT2D eigenvalue weighted by molar-refractivity contribution is 6.36. The van der Waals surface area contributed by atoms with Gasteiger partial charge in [0.25, 0.3) is 0 Å². The quantitative estimate of drug-likeness (QED) is 0.903. The molecule has 0 heterocycles. The van der Waals surface area contributed by atoms with Crippen molar-refractivity contribution in [2.75, 3.05) is 5.32 Å². The molecular weight excluding hydrogens is 283 g/mol. The second-order valence-electron chi connectivity index (χ2n) is 4.00. The van der Waals surface area contributed by atoms with Gasteiger partial charge in [0.1, 0.15) is 0 Å². The number of nitrogens with two attached hydrogens (primary N) is 1. The van der Waals surface area contributed by atoms with Gasteiger partial charge < -0.3 is 11.1 Å². The fourth-order valence-corrected chi connectivity index (χ4v) is 2.21. The SMILES string of the molecule is NC(=O)c1ccccc1CNc1ccc(Cl)cc1Cl. The van der Waals surface area contributed by atoms with Gasteiger partial charge >= 0.3 is 0 Å². The molecule has 0 aliphatic heterocycles. The number of rotatable bonds is 4. The molecule has 2 aromatic carbocycles. The molecule has 0 radical (unpaired) electrons. The minimum absolute atomic E-state index is 0.445. The Labute approximate surface area is 121 Å². The van der Waals surface area contributed by atoms with E-state index in [1.165, 1.54) is 0 Å². The zero-order valence-electron chi connectivity index (χ0n) is 9.99. The minimum atomic E-state index is -0.445. The summed E-state index contributed by atoms with van der Waals surface area (Å²) in [6, 6.07) is 12.4. The molecule has 0 bridgehead atoms. The van der Waals surface area contributed by atoms with Crippen molar-refractivity contribution in [2.45, 2.75) is 6.54 Å². The summed E-state index contributed by atoms with van der Waals surface area (Å²) in [5.41, 5.74) is 7.40. The zero-order chi connectivity index (χ0) is 13.8. The number of carbonyl (C=O) groups is 1. The summed E-state index contributed by atoms with van der Waals surface area (Å²) < 4.78 is 0. The Balaban J connectivity index is 2.17. The zero-order valence-corrected chi connectivity index (χ0v) is 11.5. The van der Waals surface area contributed by atoms with E-state index in [2.05, 4.69) is 5.32 Å². The average Bonchev–Trinajstić information content (AvgIpc) is 2.38. The fourth-order valence-electron chi connectivity index (χ4n) is 1.74. The van der Waals surface area contributed by atoms with Gasteiger partial charge in [-0.3, -0.25) is 4.79 Å². The van der Waals surface area contributed by atoms with E-state index in [4.69, 9.17) is 28.9 Å². The maximum atomic E-state index is 11.3. The van der Waals surface area contributed by atoms with Crippen LogP contribution in [0.25, 0.3) is 0 Å². The first-order valence-corrected chi connectivity index (χ1v) is 6.40. The van der Waals surface area contributed by atoms with Gasteiger partial charge in [-0.15, -0.1) is 0 Å². The van der Waals surface area contributed by atoms with Crippen molar-refractivity contribution in [3.8, 4) is 0 Å². The molecule has 98 valence electrons. The van der Waals surface area contributed by atoms with Gasteiger partial charge in [0.05, 0.1) is 10.7 Å². The summed E-state index contributed by atoms with van der Waals surface area (Å²) in [4.78, 5) is 11.3. The molecule has 0 spiro atoms. The highest BCUT2D eigenvalue weighted by atomic mass is 35.5. The molecule has 3 N–H and O–H groups in total. The Morgan fingerprint density at radius 2 is 1.89 bits per heavy atom. The van der Waals surface area contributed by atoms with Crippen molar-refractivity contribution < 1.29 is 4.79 Å². The Kier molecular flexibility index (Phi) is 4.30. The van der Waals surface area contributed by atoms with Crippen LogP contribution < -0.4 is 11.1 Å². The second kappa shape index (κ2) is 5.95. The second-order valence-corrected chi connectivity index (χ2v) is 4.84. The summed E-state index contributed by atoms with van der Waals surface area (Å²) in [6.45, 7) is 0.459. The lowest BCUT2D eigenvalue weighted by molar-refractivity contribution is 0.0999. The first-order valence-electron chi connectivity index (χ1n) is 5.64. The maximum absolute atomic E-state index is 11.3. The largest absolute Gasteiger partial charge is 0.380 e. The van der Waals surface area contributed by atoms with Gasteiger partial charge in [-0.05, 0) is 29.8 Å². The summed E-state index contributed by atoms with van der Waals surface area (Å²) in [7, 11) is 0. The van der Waals surface area contributed by atoms with E-state index in [0.29, 0.717) is 22.2 Å². The van der Waals surface area contributed by atoms with Gasteiger partial charge in [-0.25, -0.2) is 0 Å². The predicted molar refractivity (Wildman–Crippen MR) is 78.7 cm³/mol. The Bertz CT molecular complexity index is 614. The minimum Gasteiger partial charge on any atom is -0.380 e. The van der Waals surface area contributed by atoms with Crippen LogP contribution >= 0.6 is 23.2 Å². The van der Waals surface area contributed by atoms with Crippen LogP contribution in [-0.4, -0.2) is 5.91 Å². The predicted octanol–water partition coefficient (Wildman–Crippen LogP) is 3.70. The Morgan fingerprint density at radius 3 is 2.58 bits per heavy atom.